The molecule has 3 nitrogen and oxygen atoms in total. The fourth-order valence-electron chi connectivity index (χ4n) is 2.05. The van der Waals surface area contributed by atoms with E-state index in [1.54, 1.807) is 0 Å². The predicted molar refractivity (Wildman–Crippen MR) is 60.9 cm³/mol. The number of amides is 1. The van der Waals surface area contributed by atoms with E-state index in [-0.39, 0.29) is 5.91 Å². The largest absolute Gasteiger partial charge is 0.330 e. The number of aryl methyl sites for hydroxylation is 1. The summed E-state index contributed by atoms with van der Waals surface area (Å²) in [6.45, 7) is 3.30. The smallest absolute Gasteiger partial charge is 0.228 e. The molecule has 0 fully saturated rings. The van der Waals surface area contributed by atoms with Crippen molar-refractivity contribution in [2.45, 2.75) is 19.8 Å². The van der Waals surface area contributed by atoms with E-state index in [1.807, 2.05) is 17.0 Å². The number of carbonyl (C=O) groups is 1. The molecular formula is C12H16N2O. The van der Waals surface area contributed by atoms with E-state index in [0.29, 0.717) is 13.0 Å². The second-order valence-electron chi connectivity index (χ2n) is 3.97. The lowest BCUT2D eigenvalue weighted by Gasteiger charge is -2.16. The Morgan fingerprint density at radius 3 is 3.07 bits per heavy atom. The summed E-state index contributed by atoms with van der Waals surface area (Å²) in [5.74, 6) is 0.139. The third-order valence-electron chi connectivity index (χ3n) is 2.79. The molecule has 1 amide bonds. The molecule has 3 heteroatoms. The zero-order valence-corrected chi connectivity index (χ0v) is 8.99. The first-order valence-corrected chi connectivity index (χ1v) is 5.32. The standard InChI is InChI=1S/C12H16N2O/c1-9-2-3-11-10(8-9)5-7-14(11)12(15)4-6-13/h2-3,8H,4-7,13H2,1H3. The van der Waals surface area contributed by atoms with E-state index >= 15 is 0 Å². The predicted octanol–water partition coefficient (Wildman–Crippen LogP) is 1.23. The van der Waals surface area contributed by atoms with Gasteiger partial charge in [-0.3, -0.25) is 4.79 Å². The van der Waals surface area contributed by atoms with Gasteiger partial charge >= 0.3 is 0 Å². The monoisotopic (exact) mass is 204 g/mol. The molecule has 15 heavy (non-hydrogen) atoms. The first-order chi connectivity index (χ1) is 7.22. The molecule has 0 aliphatic carbocycles. The van der Waals surface area contributed by atoms with Crippen LogP contribution in [-0.2, 0) is 11.2 Å². The van der Waals surface area contributed by atoms with Crippen LogP contribution in [0.2, 0.25) is 0 Å². The summed E-state index contributed by atoms with van der Waals surface area (Å²) in [5.41, 5.74) is 8.99. The van der Waals surface area contributed by atoms with Crippen LogP contribution in [-0.4, -0.2) is 19.0 Å². The quantitative estimate of drug-likeness (QED) is 0.787. The number of anilines is 1. The summed E-state index contributed by atoms with van der Waals surface area (Å²) < 4.78 is 0. The summed E-state index contributed by atoms with van der Waals surface area (Å²) in [4.78, 5) is 13.6. The van der Waals surface area contributed by atoms with Gasteiger partial charge in [0.1, 0.15) is 0 Å². The summed E-state index contributed by atoms with van der Waals surface area (Å²) in [7, 11) is 0. The van der Waals surface area contributed by atoms with Gasteiger partial charge in [-0.2, -0.15) is 0 Å². The Morgan fingerprint density at radius 2 is 2.33 bits per heavy atom. The molecule has 0 saturated carbocycles. The van der Waals surface area contributed by atoms with E-state index < -0.39 is 0 Å². The highest BCUT2D eigenvalue weighted by Gasteiger charge is 2.23. The number of nitrogens with two attached hydrogens (primary N) is 1. The first-order valence-electron chi connectivity index (χ1n) is 5.32. The van der Waals surface area contributed by atoms with Gasteiger partial charge < -0.3 is 10.6 Å². The minimum atomic E-state index is 0.139. The molecule has 0 spiro atoms. The average Bonchev–Trinajstić information content (AvgIpc) is 2.60. The Kier molecular flexibility index (Phi) is 2.73. The lowest BCUT2D eigenvalue weighted by molar-refractivity contribution is -0.118. The molecule has 80 valence electrons. The highest BCUT2D eigenvalue weighted by atomic mass is 16.2. The van der Waals surface area contributed by atoms with Crippen LogP contribution in [0.3, 0.4) is 0 Å². The van der Waals surface area contributed by atoms with Crippen molar-refractivity contribution in [3.05, 3.63) is 29.3 Å². The van der Waals surface area contributed by atoms with Gasteiger partial charge in [0.25, 0.3) is 0 Å². The number of nitrogens with zero attached hydrogens (tertiary/aromatic N) is 1. The average molecular weight is 204 g/mol. The molecule has 0 unspecified atom stereocenters. The van der Waals surface area contributed by atoms with Gasteiger partial charge in [-0.05, 0) is 25.0 Å². The Balaban J connectivity index is 2.25. The van der Waals surface area contributed by atoms with E-state index in [9.17, 15) is 4.79 Å². The number of benzene rings is 1. The van der Waals surface area contributed by atoms with Crippen molar-refractivity contribution in [2.75, 3.05) is 18.0 Å². The highest BCUT2D eigenvalue weighted by molar-refractivity contribution is 5.95. The molecule has 2 rings (SSSR count). The van der Waals surface area contributed by atoms with E-state index in [1.165, 1.54) is 11.1 Å². The molecule has 0 radical (unpaired) electrons. The van der Waals surface area contributed by atoms with E-state index in [2.05, 4.69) is 13.0 Å². The van der Waals surface area contributed by atoms with E-state index in [4.69, 9.17) is 5.73 Å². The minimum Gasteiger partial charge on any atom is -0.330 e. The van der Waals surface area contributed by atoms with Gasteiger partial charge in [-0.15, -0.1) is 0 Å². The molecule has 1 aromatic rings. The van der Waals surface area contributed by atoms with Crippen molar-refractivity contribution >= 4 is 11.6 Å². The number of rotatable bonds is 2. The first kappa shape index (κ1) is 10.2. The lowest BCUT2D eigenvalue weighted by Crippen LogP contribution is -2.30. The van der Waals surface area contributed by atoms with Crippen LogP contribution in [0.25, 0.3) is 0 Å². The number of hydrogen-bond acceptors (Lipinski definition) is 2. The number of hydrogen-bond donors (Lipinski definition) is 1. The molecule has 0 saturated heterocycles. The lowest BCUT2D eigenvalue weighted by atomic mass is 10.1. The third kappa shape index (κ3) is 1.88. The van der Waals surface area contributed by atoms with Gasteiger partial charge in [-0.1, -0.05) is 17.7 Å². The number of carbonyl (C=O) groups excluding carboxylic acids is 1. The zero-order chi connectivity index (χ0) is 10.8. The molecule has 0 aromatic heterocycles. The third-order valence-corrected chi connectivity index (χ3v) is 2.79. The molecule has 2 N–H and O–H groups in total. The van der Waals surface area contributed by atoms with Crippen LogP contribution >= 0.6 is 0 Å². The number of fused-ring (bicyclic) bond motifs is 1. The molecule has 0 atom stereocenters. The molecule has 0 bridgehead atoms. The van der Waals surface area contributed by atoms with Crippen LogP contribution in [0.5, 0.6) is 0 Å². The van der Waals surface area contributed by atoms with Crippen LogP contribution in [0.15, 0.2) is 18.2 Å². The van der Waals surface area contributed by atoms with Gasteiger partial charge in [0.15, 0.2) is 0 Å². The maximum Gasteiger partial charge on any atom is 0.228 e. The summed E-state index contributed by atoms with van der Waals surface area (Å²) in [6, 6.07) is 6.24. The van der Waals surface area contributed by atoms with Crippen molar-refractivity contribution in [3.63, 3.8) is 0 Å². The fraction of sp³-hybridized carbons (Fsp3) is 0.417. The van der Waals surface area contributed by atoms with Crippen LogP contribution in [0.4, 0.5) is 5.69 Å². The summed E-state index contributed by atoms with van der Waals surface area (Å²) in [6.07, 6.45) is 1.40. The Labute approximate surface area is 89.9 Å². The van der Waals surface area contributed by atoms with Gasteiger partial charge in [0, 0.05) is 25.2 Å². The van der Waals surface area contributed by atoms with Gasteiger partial charge in [0.05, 0.1) is 0 Å². The maximum absolute atomic E-state index is 11.7. The second kappa shape index (κ2) is 4.03. The van der Waals surface area contributed by atoms with Crippen molar-refractivity contribution in [1.29, 1.82) is 0 Å². The molecule has 1 aromatic carbocycles. The second-order valence-corrected chi connectivity index (χ2v) is 3.97. The van der Waals surface area contributed by atoms with Gasteiger partial charge in [-0.25, -0.2) is 0 Å². The molecule has 1 aliphatic heterocycles. The van der Waals surface area contributed by atoms with Crippen LogP contribution < -0.4 is 10.6 Å². The summed E-state index contributed by atoms with van der Waals surface area (Å²) in [5, 5.41) is 0. The Bertz CT molecular complexity index is 387. The Morgan fingerprint density at radius 1 is 1.53 bits per heavy atom. The van der Waals surface area contributed by atoms with Crippen molar-refractivity contribution in [2.24, 2.45) is 5.73 Å². The van der Waals surface area contributed by atoms with Crippen molar-refractivity contribution in [1.82, 2.24) is 0 Å². The molecule has 1 heterocycles. The SMILES string of the molecule is Cc1ccc2c(c1)CCN2C(=O)CCN. The van der Waals surface area contributed by atoms with Crippen LogP contribution in [0.1, 0.15) is 17.5 Å². The Hall–Kier alpha value is -1.35. The highest BCUT2D eigenvalue weighted by Crippen LogP contribution is 2.28. The molecular weight excluding hydrogens is 188 g/mol. The van der Waals surface area contributed by atoms with Gasteiger partial charge in [0.2, 0.25) is 5.91 Å². The van der Waals surface area contributed by atoms with E-state index in [0.717, 1.165) is 18.7 Å². The minimum absolute atomic E-state index is 0.139. The van der Waals surface area contributed by atoms with Crippen molar-refractivity contribution in [3.8, 4) is 0 Å². The fourth-order valence-corrected chi connectivity index (χ4v) is 2.05. The van der Waals surface area contributed by atoms with Crippen LogP contribution in [0, 0.1) is 6.92 Å². The molecule has 1 aliphatic rings. The summed E-state index contributed by atoms with van der Waals surface area (Å²) >= 11 is 0. The normalized spacial score (nSPS) is 14.1. The topological polar surface area (TPSA) is 46.3 Å². The maximum atomic E-state index is 11.7. The van der Waals surface area contributed by atoms with Crippen molar-refractivity contribution < 1.29 is 4.79 Å². The zero-order valence-electron chi connectivity index (χ0n) is 8.99.